The van der Waals surface area contributed by atoms with E-state index in [4.69, 9.17) is 9.47 Å². The molecule has 21 heavy (non-hydrogen) atoms. The molecule has 0 N–H and O–H groups in total. The van der Waals surface area contributed by atoms with Gasteiger partial charge in [-0.15, -0.1) is 0 Å². The number of methoxy groups -OCH3 is 1. The molecule has 0 spiro atoms. The molecular weight excluding hydrogens is 266 g/mol. The molecule has 2 aromatic carbocycles. The molecule has 0 radical (unpaired) electrons. The van der Waals surface area contributed by atoms with Crippen molar-refractivity contribution < 1.29 is 14.3 Å². The summed E-state index contributed by atoms with van der Waals surface area (Å²) in [6.45, 7) is 0.322. The highest BCUT2D eigenvalue weighted by atomic mass is 16.5. The largest absolute Gasteiger partial charge is 0.489 e. The van der Waals surface area contributed by atoms with Crippen molar-refractivity contribution in [1.29, 1.82) is 0 Å². The Morgan fingerprint density at radius 1 is 1.10 bits per heavy atom. The summed E-state index contributed by atoms with van der Waals surface area (Å²) in [7, 11) is 5.33. The maximum atomic E-state index is 11.7. The summed E-state index contributed by atoms with van der Waals surface area (Å²) < 4.78 is 10.6. The first-order valence-electron chi connectivity index (χ1n) is 6.68. The Hall–Kier alpha value is -2.49. The number of ether oxygens (including phenoxy) is 2. The Morgan fingerprint density at radius 2 is 1.86 bits per heavy atom. The van der Waals surface area contributed by atoms with Crippen molar-refractivity contribution in [2.24, 2.45) is 0 Å². The lowest BCUT2D eigenvalue weighted by Crippen LogP contribution is -2.09. The van der Waals surface area contributed by atoms with E-state index in [1.165, 1.54) is 7.11 Å². The smallest absolute Gasteiger partial charge is 0.338 e. The highest BCUT2D eigenvalue weighted by molar-refractivity contribution is 5.90. The Balaban J connectivity index is 2.13. The summed E-state index contributed by atoms with van der Waals surface area (Å²) in [5, 5.41) is 0. The average molecular weight is 285 g/mol. The van der Waals surface area contributed by atoms with Gasteiger partial charge in [-0.3, -0.25) is 0 Å². The normalized spacial score (nSPS) is 10.0. The lowest BCUT2D eigenvalue weighted by Gasteiger charge is -2.14. The van der Waals surface area contributed by atoms with E-state index in [1.54, 1.807) is 6.07 Å². The number of anilines is 1. The maximum absolute atomic E-state index is 11.7. The van der Waals surface area contributed by atoms with Crippen LogP contribution in [-0.4, -0.2) is 27.2 Å². The fourth-order valence-electron chi connectivity index (χ4n) is 1.97. The van der Waals surface area contributed by atoms with Gasteiger partial charge in [0.05, 0.1) is 12.7 Å². The number of carbonyl (C=O) groups is 1. The molecule has 2 rings (SSSR count). The van der Waals surface area contributed by atoms with E-state index in [-0.39, 0.29) is 5.97 Å². The number of hydrogen-bond donors (Lipinski definition) is 0. The predicted molar refractivity (Wildman–Crippen MR) is 82.9 cm³/mol. The van der Waals surface area contributed by atoms with Crippen molar-refractivity contribution in [3.63, 3.8) is 0 Å². The van der Waals surface area contributed by atoms with Gasteiger partial charge in [0, 0.05) is 31.4 Å². The van der Waals surface area contributed by atoms with Gasteiger partial charge >= 0.3 is 5.97 Å². The number of rotatable bonds is 5. The summed E-state index contributed by atoms with van der Waals surface area (Å²) in [6, 6.07) is 15.1. The topological polar surface area (TPSA) is 38.8 Å². The summed E-state index contributed by atoms with van der Waals surface area (Å²) in [6.07, 6.45) is 0. The Kier molecular flexibility index (Phi) is 4.82. The molecule has 0 unspecified atom stereocenters. The summed E-state index contributed by atoms with van der Waals surface area (Å²) >= 11 is 0. The molecule has 2 aromatic rings. The van der Waals surface area contributed by atoms with E-state index in [0.717, 1.165) is 17.0 Å². The molecule has 4 nitrogen and oxygen atoms in total. The molecule has 0 aliphatic carbocycles. The van der Waals surface area contributed by atoms with Crippen LogP contribution in [0.1, 0.15) is 15.9 Å². The predicted octanol–water partition coefficient (Wildman–Crippen LogP) is 3.12. The van der Waals surface area contributed by atoms with Crippen LogP contribution in [0.4, 0.5) is 5.69 Å². The number of nitrogens with zero attached hydrogens (tertiary/aromatic N) is 1. The van der Waals surface area contributed by atoms with Gasteiger partial charge in [0.15, 0.2) is 0 Å². The quantitative estimate of drug-likeness (QED) is 0.791. The number of hydrogen-bond acceptors (Lipinski definition) is 4. The number of benzene rings is 2. The van der Waals surface area contributed by atoms with Crippen molar-refractivity contribution in [3.8, 4) is 5.75 Å². The molecule has 0 saturated carbocycles. The second-order valence-corrected chi connectivity index (χ2v) is 4.83. The molecule has 0 aromatic heterocycles. The molecule has 0 saturated heterocycles. The van der Waals surface area contributed by atoms with Crippen LogP contribution in [0.3, 0.4) is 0 Å². The Labute approximate surface area is 124 Å². The van der Waals surface area contributed by atoms with Gasteiger partial charge in [-0.05, 0) is 18.2 Å². The Bertz CT molecular complexity index is 623. The minimum Gasteiger partial charge on any atom is -0.489 e. The first-order chi connectivity index (χ1) is 10.1. The van der Waals surface area contributed by atoms with Crippen LogP contribution >= 0.6 is 0 Å². The van der Waals surface area contributed by atoms with E-state index in [2.05, 4.69) is 0 Å². The molecule has 0 aliphatic heterocycles. The maximum Gasteiger partial charge on any atom is 0.338 e. The minimum atomic E-state index is -0.351. The van der Waals surface area contributed by atoms with Crippen molar-refractivity contribution in [3.05, 3.63) is 59.7 Å². The highest BCUT2D eigenvalue weighted by Gasteiger charge is 2.11. The third-order valence-corrected chi connectivity index (χ3v) is 3.15. The van der Waals surface area contributed by atoms with Gasteiger partial charge in [0.1, 0.15) is 12.4 Å². The average Bonchev–Trinajstić information content (AvgIpc) is 2.52. The van der Waals surface area contributed by atoms with Crippen molar-refractivity contribution in [2.75, 3.05) is 26.1 Å². The molecule has 4 heteroatoms. The van der Waals surface area contributed by atoms with Crippen LogP contribution in [0.5, 0.6) is 5.75 Å². The van der Waals surface area contributed by atoms with E-state index in [1.807, 2.05) is 61.5 Å². The zero-order valence-electron chi connectivity index (χ0n) is 12.5. The van der Waals surface area contributed by atoms with Crippen molar-refractivity contribution >= 4 is 11.7 Å². The van der Waals surface area contributed by atoms with E-state index < -0.39 is 0 Å². The molecule has 0 atom stereocenters. The van der Waals surface area contributed by atoms with Gasteiger partial charge in [-0.2, -0.15) is 0 Å². The van der Waals surface area contributed by atoms with Crippen LogP contribution in [0, 0.1) is 0 Å². The molecule has 0 fully saturated rings. The van der Waals surface area contributed by atoms with Gasteiger partial charge in [0.2, 0.25) is 0 Å². The van der Waals surface area contributed by atoms with Crippen LogP contribution in [-0.2, 0) is 11.3 Å². The van der Waals surface area contributed by atoms with Crippen LogP contribution in [0.25, 0.3) is 0 Å². The lowest BCUT2D eigenvalue weighted by molar-refractivity contribution is 0.0597. The first-order valence-corrected chi connectivity index (χ1v) is 6.68. The van der Waals surface area contributed by atoms with Crippen LogP contribution in [0.2, 0.25) is 0 Å². The second kappa shape index (κ2) is 6.79. The monoisotopic (exact) mass is 285 g/mol. The van der Waals surface area contributed by atoms with E-state index in [9.17, 15) is 4.79 Å². The number of carbonyl (C=O) groups excluding carboxylic acids is 1. The molecule has 0 heterocycles. The van der Waals surface area contributed by atoms with Crippen LogP contribution < -0.4 is 9.64 Å². The zero-order valence-corrected chi connectivity index (χ0v) is 12.5. The molecule has 110 valence electrons. The van der Waals surface area contributed by atoms with Crippen LogP contribution in [0.15, 0.2) is 48.5 Å². The molecular formula is C17H19NO3. The second-order valence-electron chi connectivity index (χ2n) is 4.83. The van der Waals surface area contributed by atoms with Gasteiger partial charge in [-0.1, -0.05) is 24.3 Å². The lowest BCUT2D eigenvalue weighted by atomic mass is 10.1. The van der Waals surface area contributed by atoms with Gasteiger partial charge in [0.25, 0.3) is 0 Å². The fraction of sp³-hybridized carbons (Fsp3) is 0.235. The molecule has 0 bridgehead atoms. The number of esters is 1. The molecule has 0 amide bonds. The minimum absolute atomic E-state index is 0.322. The highest BCUT2D eigenvalue weighted by Crippen LogP contribution is 2.21. The summed E-state index contributed by atoms with van der Waals surface area (Å²) in [5.41, 5.74) is 2.40. The Morgan fingerprint density at radius 3 is 2.57 bits per heavy atom. The first kappa shape index (κ1) is 14.9. The third kappa shape index (κ3) is 3.75. The fourth-order valence-corrected chi connectivity index (χ4v) is 1.97. The zero-order chi connectivity index (χ0) is 15.2. The van der Waals surface area contributed by atoms with Crippen molar-refractivity contribution in [1.82, 2.24) is 0 Å². The standard InChI is InChI=1S/C17H19NO3/c1-18(2)14-8-6-9-15(11-14)21-12-13-7-4-5-10-16(13)17(19)20-3/h4-11H,12H2,1-3H3. The van der Waals surface area contributed by atoms with Gasteiger partial charge < -0.3 is 14.4 Å². The third-order valence-electron chi connectivity index (χ3n) is 3.15. The van der Waals surface area contributed by atoms with Crippen molar-refractivity contribution in [2.45, 2.75) is 6.61 Å². The van der Waals surface area contributed by atoms with E-state index >= 15 is 0 Å². The van der Waals surface area contributed by atoms with Gasteiger partial charge in [-0.25, -0.2) is 4.79 Å². The summed E-state index contributed by atoms with van der Waals surface area (Å²) in [5.74, 6) is 0.414. The summed E-state index contributed by atoms with van der Waals surface area (Å²) in [4.78, 5) is 13.7. The van der Waals surface area contributed by atoms with E-state index in [0.29, 0.717) is 12.2 Å². The molecule has 0 aliphatic rings. The SMILES string of the molecule is COC(=O)c1ccccc1COc1cccc(N(C)C)c1.